The van der Waals surface area contributed by atoms with Crippen LogP contribution in [0.25, 0.3) is 83.8 Å². The van der Waals surface area contributed by atoms with E-state index in [9.17, 15) is 0 Å². The third kappa shape index (κ3) is 5.71. The van der Waals surface area contributed by atoms with Crippen LogP contribution in [-0.2, 0) is 0 Å². The fourth-order valence-electron chi connectivity index (χ4n) is 12.5. The summed E-state index contributed by atoms with van der Waals surface area (Å²) in [4.78, 5) is 10.1. The zero-order valence-electron chi connectivity index (χ0n) is 40.1. The van der Waals surface area contributed by atoms with E-state index >= 15 is 0 Å². The first kappa shape index (κ1) is 41.1. The lowest BCUT2D eigenvalue weighted by molar-refractivity contribution is 0.669. The molecule has 0 aliphatic carbocycles. The van der Waals surface area contributed by atoms with Crippen LogP contribution in [-0.4, -0.2) is 0 Å². The van der Waals surface area contributed by atoms with Gasteiger partial charge in [-0.05, 0) is 72.8 Å². The summed E-state index contributed by atoms with van der Waals surface area (Å²) in [5.41, 5.74) is 15.1. The minimum atomic E-state index is 0.849. The van der Waals surface area contributed by atoms with Gasteiger partial charge in [0.15, 0.2) is 0 Å². The third-order valence-electron chi connectivity index (χ3n) is 15.6. The molecule has 350 valence electrons. The van der Waals surface area contributed by atoms with E-state index in [1.165, 1.54) is 46.0 Å². The van der Waals surface area contributed by atoms with Crippen molar-refractivity contribution in [2.75, 3.05) is 19.6 Å². The molecular formula is C68H40N4OS2. The van der Waals surface area contributed by atoms with Crippen molar-refractivity contribution in [3.8, 4) is 0 Å². The highest BCUT2D eigenvalue weighted by Gasteiger charge is 2.37. The molecule has 0 N–H and O–H groups in total. The molecule has 2 aliphatic rings. The van der Waals surface area contributed by atoms with E-state index < -0.39 is 0 Å². The lowest BCUT2D eigenvalue weighted by Gasteiger charge is -2.43. The first-order valence-electron chi connectivity index (χ1n) is 25.4. The van der Waals surface area contributed by atoms with Crippen molar-refractivity contribution >= 4 is 175 Å². The van der Waals surface area contributed by atoms with Crippen LogP contribution in [0.2, 0.25) is 0 Å². The van der Waals surface area contributed by atoms with Crippen molar-refractivity contribution in [1.29, 1.82) is 0 Å². The molecule has 0 unspecified atom stereocenters. The number of hydrogen-bond donors (Lipinski definition) is 0. The van der Waals surface area contributed by atoms with Gasteiger partial charge in [-0.3, -0.25) is 0 Å². The summed E-state index contributed by atoms with van der Waals surface area (Å²) in [6.45, 7) is 0. The summed E-state index contributed by atoms with van der Waals surface area (Å²) in [6, 6.07) is 89.1. The average molecular weight is 993 g/mol. The van der Waals surface area contributed by atoms with Crippen LogP contribution in [0.1, 0.15) is 0 Å². The molecule has 0 atom stereocenters. The van der Waals surface area contributed by atoms with Gasteiger partial charge in [0.2, 0.25) is 0 Å². The number of benzene rings is 12. The Morgan fingerprint density at radius 3 is 1.04 bits per heavy atom. The monoisotopic (exact) mass is 992 g/mol. The van der Waals surface area contributed by atoms with E-state index in [0.717, 1.165) is 106 Å². The predicted octanol–water partition coefficient (Wildman–Crippen LogP) is 21.1. The fourth-order valence-corrected chi connectivity index (χ4v) is 14.9. The Labute approximate surface area is 438 Å². The van der Waals surface area contributed by atoms with E-state index in [2.05, 4.69) is 262 Å². The molecule has 15 aromatic rings. The Kier molecular flexibility index (Phi) is 8.53. The molecule has 3 aromatic heterocycles. The van der Waals surface area contributed by atoms with Crippen molar-refractivity contribution in [3.63, 3.8) is 0 Å². The molecule has 17 rings (SSSR count). The molecule has 0 bridgehead atoms. The first-order chi connectivity index (χ1) is 37.2. The molecule has 5 nitrogen and oxygen atoms in total. The second kappa shape index (κ2) is 15.6. The fraction of sp³-hybridized carbons (Fsp3) is 0. The Balaban J connectivity index is 0.937. The highest BCUT2D eigenvalue weighted by molar-refractivity contribution is 7.26. The number of thiophene rings is 2. The van der Waals surface area contributed by atoms with Crippen LogP contribution in [0.15, 0.2) is 247 Å². The summed E-state index contributed by atoms with van der Waals surface area (Å²) in [5, 5.41) is 11.9. The van der Waals surface area contributed by atoms with Crippen molar-refractivity contribution in [2.24, 2.45) is 0 Å². The number of nitrogens with zero attached hydrogens (tertiary/aromatic N) is 4. The third-order valence-corrected chi connectivity index (χ3v) is 18.0. The Hall–Kier alpha value is -9.40. The predicted molar refractivity (Wildman–Crippen MR) is 320 cm³/mol. The maximum atomic E-state index is 6.81. The van der Waals surface area contributed by atoms with Gasteiger partial charge in [0.05, 0.1) is 77.6 Å². The number of anilines is 12. The molecule has 0 fully saturated rings. The first-order valence-corrected chi connectivity index (χ1v) is 27.1. The van der Waals surface area contributed by atoms with Crippen molar-refractivity contribution < 1.29 is 4.42 Å². The number of para-hydroxylation sites is 7. The van der Waals surface area contributed by atoms with Crippen LogP contribution < -0.4 is 19.6 Å². The van der Waals surface area contributed by atoms with Gasteiger partial charge < -0.3 is 24.0 Å². The summed E-state index contributed by atoms with van der Waals surface area (Å²) in [7, 11) is 0. The van der Waals surface area contributed by atoms with Gasteiger partial charge >= 0.3 is 0 Å². The Morgan fingerprint density at radius 2 is 0.560 bits per heavy atom. The van der Waals surface area contributed by atoms with Crippen LogP contribution in [0.5, 0.6) is 0 Å². The minimum absolute atomic E-state index is 0.849. The maximum absolute atomic E-state index is 6.81. The zero-order valence-corrected chi connectivity index (χ0v) is 41.7. The van der Waals surface area contributed by atoms with Gasteiger partial charge in [0, 0.05) is 69.3 Å². The SMILES string of the molecule is c1ccc2c(c1)N(c1c3ccccc3c(N3c4ccccc4N(c4cccc5c4sc4ccccc45)c4cc5c(cc43)oc3ccccc35)c3ccccc13)c1ccccc1N2c1cccc2c1sc1ccccc12. The zero-order chi connectivity index (χ0) is 48.9. The van der Waals surface area contributed by atoms with Gasteiger partial charge in [0.25, 0.3) is 0 Å². The van der Waals surface area contributed by atoms with Crippen LogP contribution in [0.3, 0.4) is 0 Å². The highest BCUT2D eigenvalue weighted by atomic mass is 32.1. The van der Waals surface area contributed by atoms with Crippen molar-refractivity contribution in [1.82, 2.24) is 0 Å². The van der Waals surface area contributed by atoms with Gasteiger partial charge in [-0.2, -0.15) is 0 Å². The van der Waals surface area contributed by atoms with E-state index in [4.69, 9.17) is 4.42 Å². The standard InChI is InChI=1S/C68H40N4OS2/c1-3-24-46-44(22-1)65(71-54-31-11-8-28-51(54)69(52-29-9-12-32-55(52)71)57-34-17-26-48-42-20-6-15-37-63(42)74-67(48)57)45-23-2-4-25-47(45)66(46)72-56-33-13-10-30-53(56)70(58-35-18-27-49-43-21-7-16-38-64(43)75-68(49)58)59-39-50-41-19-5-14-36-61(41)73-62(50)40-60(59)72/h1-40H. The summed E-state index contributed by atoms with van der Waals surface area (Å²) < 4.78 is 11.9. The molecule has 75 heavy (non-hydrogen) atoms. The van der Waals surface area contributed by atoms with Crippen LogP contribution in [0, 0.1) is 0 Å². The summed E-state index contributed by atoms with van der Waals surface area (Å²) in [6.07, 6.45) is 0. The van der Waals surface area contributed by atoms with E-state index in [-0.39, 0.29) is 0 Å². The second-order valence-corrected chi connectivity index (χ2v) is 21.6. The van der Waals surface area contributed by atoms with Crippen LogP contribution in [0.4, 0.5) is 68.2 Å². The van der Waals surface area contributed by atoms with Crippen LogP contribution >= 0.6 is 22.7 Å². The van der Waals surface area contributed by atoms with Gasteiger partial charge in [-0.15, -0.1) is 22.7 Å². The largest absolute Gasteiger partial charge is 0.456 e. The number of hydrogen-bond acceptors (Lipinski definition) is 7. The highest BCUT2D eigenvalue weighted by Crippen LogP contribution is 2.62. The molecule has 0 amide bonds. The lowest BCUT2D eigenvalue weighted by atomic mass is 9.93. The molecule has 12 aromatic carbocycles. The number of furan rings is 1. The molecular weight excluding hydrogens is 953 g/mol. The van der Waals surface area contributed by atoms with Gasteiger partial charge in [-0.25, -0.2) is 0 Å². The Morgan fingerprint density at radius 1 is 0.227 bits per heavy atom. The molecule has 5 heterocycles. The Bertz CT molecular complexity index is 4810. The number of rotatable bonds is 4. The van der Waals surface area contributed by atoms with Crippen molar-refractivity contribution in [2.45, 2.75) is 0 Å². The normalized spacial score (nSPS) is 13.2. The summed E-state index contributed by atoms with van der Waals surface area (Å²) >= 11 is 3.73. The van der Waals surface area contributed by atoms with E-state index in [0.29, 0.717) is 0 Å². The average Bonchev–Trinajstić information content (AvgIpc) is 4.17. The molecule has 2 aliphatic heterocycles. The van der Waals surface area contributed by atoms with Gasteiger partial charge in [0.1, 0.15) is 11.2 Å². The molecule has 0 radical (unpaired) electrons. The van der Waals surface area contributed by atoms with E-state index in [1.54, 1.807) is 0 Å². The van der Waals surface area contributed by atoms with E-state index in [1.807, 2.05) is 22.7 Å². The summed E-state index contributed by atoms with van der Waals surface area (Å²) in [5.74, 6) is 0. The topological polar surface area (TPSA) is 26.1 Å². The minimum Gasteiger partial charge on any atom is -0.456 e. The number of fused-ring (bicyclic) bond motifs is 15. The van der Waals surface area contributed by atoms with Crippen molar-refractivity contribution in [3.05, 3.63) is 243 Å². The smallest absolute Gasteiger partial charge is 0.137 e. The maximum Gasteiger partial charge on any atom is 0.137 e. The molecule has 7 heteroatoms. The molecule has 0 spiro atoms. The molecule has 0 saturated heterocycles. The lowest BCUT2D eigenvalue weighted by Crippen LogP contribution is -2.25. The van der Waals surface area contributed by atoms with Gasteiger partial charge in [-0.1, -0.05) is 164 Å². The second-order valence-electron chi connectivity index (χ2n) is 19.5. The molecule has 0 saturated carbocycles. The quantitative estimate of drug-likeness (QED) is 0.164.